The molecule has 2 rings (SSSR count). The van der Waals surface area contributed by atoms with Crippen molar-refractivity contribution < 1.29 is 0 Å². The first-order chi connectivity index (χ1) is 4.37. The predicted octanol–water partition coefficient (Wildman–Crippen LogP) is 2.81. The quantitative estimate of drug-likeness (QED) is 0.497. The van der Waals surface area contributed by atoms with Gasteiger partial charge in [0.2, 0.25) is 0 Å². The van der Waals surface area contributed by atoms with E-state index in [2.05, 4.69) is 0 Å². The van der Waals surface area contributed by atoms with Crippen LogP contribution in [0, 0.1) is 11.3 Å². The molecule has 2 aliphatic carbocycles. The van der Waals surface area contributed by atoms with Crippen LogP contribution in [0.5, 0.6) is 0 Å². The summed E-state index contributed by atoms with van der Waals surface area (Å²) < 4.78 is 0. The van der Waals surface area contributed by atoms with E-state index in [-0.39, 0.29) is 0 Å². The predicted molar refractivity (Wildman–Crippen MR) is 39.7 cm³/mol. The van der Waals surface area contributed by atoms with Gasteiger partial charge in [-0.2, -0.15) is 0 Å². The standard InChI is InChI=1S/C8H13Cl/c9-6-8-4-2-1-3-7(8)5-8/h7H,1-6H2/t7-,8-/m1/s1. The third-order valence-corrected chi connectivity index (χ3v) is 3.63. The van der Waals surface area contributed by atoms with E-state index in [4.69, 9.17) is 11.6 Å². The van der Waals surface area contributed by atoms with E-state index in [9.17, 15) is 0 Å². The zero-order chi connectivity index (χ0) is 6.32. The van der Waals surface area contributed by atoms with Gasteiger partial charge in [-0.3, -0.25) is 0 Å². The Hall–Kier alpha value is 0.290. The molecule has 0 amide bonds. The Bertz CT molecular complexity index is 122. The SMILES string of the molecule is ClC[C@]12CCCC[C@@H]1C2. The first-order valence-corrected chi connectivity index (χ1v) is 4.47. The maximum absolute atomic E-state index is 5.86. The smallest absolute Gasteiger partial charge is 0.0282 e. The van der Waals surface area contributed by atoms with E-state index in [0.717, 1.165) is 11.8 Å². The van der Waals surface area contributed by atoms with Gasteiger partial charge in [-0.15, -0.1) is 11.6 Å². The van der Waals surface area contributed by atoms with Crippen molar-refractivity contribution in [2.45, 2.75) is 32.1 Å². The molecule has 1 heteroatoms. The highest BCUT2D eigenvalue weighted by Crippen LogP contribution is 2.61. The molecule has 0 bridgehead atoms. The lowest BCUT2D eigenvalue weighted by molar-refractivity contribution is 0.370. The Labute approximate surface area is 61.6 Å². The maximum atomic E-state index is 5.86. The largest absolute Gasteiger partial charge is 0.126 e. The Morgan fingerprint density at radius 1 is 1.44 bits per heavy atom. The summed E-state index contributed by atoms with van der Waals surface area (Å²) in [6.45, 7) is 0. The molecule has 0 spiro atoms. The molecule has 52 valence electrons. The molecule has 2 atom stereocenters. The molecule has 0 radical (unpaired) electrons. The first kappa shape index (κ1) is 6.03. The van der Waals surface area contributed by atoms with Gasteiger partial charge in [0.1, 0.15) is 0 Å². The van der Waals surface area contributed by atoms with E-state index in [1.165, 1.54) is 32.1 Å². The molecule has 2 saturated carbocycles. The third kappa shape index (κ3) is 0.797. The van der Waals surface area contributed by atoms with Crippen LogP contribution >= 0.6 is 11.6 Å². The van der Waals surface area contributed by atoms with Crippen LogP contribution in [-0.4, -0.2) is 5.88 Å². The van der Waals surface area contributed by atoms with Gasteiger partial charge in [0, 0.05) is 5.88 Å². The number of rotatable bonds is 1. The fraction of sp³-hybridized carbons (Fsp3) is 1.00. The molecular formula is C8H13Cl. The zero-order valence-electron chi connectivity index (χ0n) is 5.70. The molecule has 0 unspecified atom stereocenters. The molecule has 0 heterocycles. The summed E-state index contributed by atoms with van der Waals surface area (Å²) in [6.07, 6.45) is 7.22. The average Bonchev–Trinajstić information content (AvgIpc) is 2.62. The van der Waals surface area contributed by atoms with Gasteiger partial charge in [-0.05, 0) is 30.6 Å². The zero-order valence-corrected chi connectivity index (χ0v) is 6.45. The monoisotopic (exact) mass is 144 g/mol. The number of hydrogen-bond donors (Lipinski definition) is 0. The third-order valence-electron chi connectivity index (χ3n) is 3.10. The highest BCUT2D eigenvalue weighted by Gasteiger charge is 2.53. The van der Waals surface area contributed by atoms with Crippen LogP contribution < -0.4 is 0 Å². The van der Waals surface area contributed by atoms with Gasteiger partial charge in [0.05, 0.1) is 0 Å². The second kappa shape index (κ2) is 1.88. The van der Waals surface area contributed by atoms with Crippen LogP contribution in [0.4, 0.5) is 0 Å². The summed E-state index contributed by atoms with van der Waals surface area (Å²) in [6, 6.07) is 0. The van der Waals surface area contributed by atoms with Gasteiger partial charge >= 0.3 is 0 Å². The molecule has 0 aliphatic heterocycles. The van der Waals surface area contributed by atoms with E-state index >= 15 is 0 Å². The van der Waals surface area contributed by atoms with Crippen LogP contribution in [0.15, 0.2) is 0 Å². The summed E-state index contributed by atoms with van der Waals surface area (Å²) in [7, 11) is 0. The summed E-state index contributed by atoms with van der Waals surface area (Å²) in [5.41, 5.74) is 0.653. The lowest BCUT2D eigenvalue weighted by atomic mass is 9.90. The fourth-order valence-corrected chi connectivity index (χ4v) is 2.71. The second-order valence-corrected chi connectivity index (χ2v) is 3.91. The number of fused-ring (bicyclic) bond motifs is 1. The molecule has 2 aliphatic rings. The number of alkyl halides is 1. The van der Waals surface area contributed by atoms with E-state index in [0.29, 0.717) is 5.41 Å². The summed E-state index contributed by atoms with van der Waals surface area (Å²) >= 11 is 5.86. The Kier molecular flexibility index (Phi) is 1.26. The summed E-state index contributed by atoms with van der Waals surface area (Å²) in [5, 5.41) is 0. The maximum Gasteiger partial charge on any atom is 0.0282 e. The van der Waals surface area contributed by atoms with Gasteiger partial charge in [-0.25, -0.2) is 0 Å². The second-order valence-electron chi connectivity index (χ2n) is 3.64. The molecule has 9 heavy (non-hydrogen) atoms. The number of hydrogen-bond acceptors (Lipinski definition) is 0. The van der Waals surface area contributed by atoms with Gasteiger partial charge in [0.25, 0.3) is 0 Å². The number of halogens is 1. The van der Waals surface area contributed by atoms with Crippen molar-refractivity contribution in [3.63, 3.8) is 0 Å². The van der Waals surface area contributed by atoms with Gasteiger partial charge < -0.3 is 0 Å². The molecule has 0 aromatic rings. The summed E-state index contributed by atoms with van der Waals surface area (Å²) in [4.78, 5) is 0. The van der Waals surface area contributed by atoms with Crippen LogP contribution in [-0.2, 0) is 0 Å². The van der Waals surface area contributed by atoms with E-state index in [1.54, 1.807) is 0 Å². The van der Waals surface area contributed by atoms with Crippen LogP contribution in [0.3, 0.4) is 0 Å². The van der Waals surface area contributed by atoms with Crippen molar-refractivity contribution >= 4 is 11.6 Å². The molecule has 0 saturated heterocycles. The van der Waals surface area contributed by atoms with Crippen LogP contribution in [0.2, 0.25) is 0 Å². The summed E-state index contributed by atoms with van der Waals surface area (Å²) in [5.74, 6) is 1.96. The minimum absolute atomic E-state index is 0.653. The van der Waals surface area contributed by atoms with E-state index in [1.807, 2.05) is 0 Å². The Balaban J connectivity index is 2.01. The Morgan fingerprint density at radius 3 is 2.89 bits per heavy atom. The molecule has 0 nitrogen and oxygen atoms in total. The van der Waals surface area contributed by atoms with Crippen LogP contribution in [0.1, 0.15) is 32.1 Å². The Morgan fingerprint density at radius 2 is 2.33 bits per heavy atom. The molecule has 0 aromatic carbocycles. The van der Waals surface area contributed by atoms with Crippen molar-refractivity contribution in [3.05, 3.63) is 0 Å². The molecular weight excluding hydrogens is 132 g/mol. The minimum Gasteiger partial charge on any atom is -0.126 e. The normalized spacial score (nSPS) is 48.3. The highest BCUT2D eigenvalue weighted by atomic mass is 35.5. The van der Waals surface area contributed by atoms with Crippen molar-refractivity contribution in [1.29, 1.82) is 0 Å². The minimum atomic E-state index is 0.653. The molecule has 0 aromatic heterocycles. The van der Waals surface area contributed by atoms with Crippen molar-refractivity contribution in [2.24, 2.45) is 11.3 Å². The van der Waals surface area contributed by atoms with Crippen LogP contribution in [0.25, 0.3) is 0 Å². The molecule has 0 N–H and O–H groups in total. The first-order valence-electron chi connectivity index (χ1n) is 3.93. The lowest BCUT2D eigenvalue weighted by Gasteiger charge is -2.18. The topological polar surface area (TPSA) is 0 Å². The van der Waals surface area contributed by atoms with Gasteiger partial charge in [-0.1, -0.05) is 12.8 Å². The van der Waals surface area contributed by atoms with Crippen molar-refractivity contribution in [3.8, 4) is 0 Å². The molecule has 2 fully saturated rings. The average molecular weight is 145 g/mol. The van der Waals surface area contributed by atoms with E-state index < -0.39 is 0 Å². The fourth-order valence-electron chi connectivity index (χ4n) is 2.24. The van der Waals surface area contributed by atoms with Crippen molar-refractivity contribution in [2.75, 3.05) is 5.88 Å². The highest BCUT2D eigenvalue weighted by molar-refractivity contribution is 6.18. The lowest BCUT2D eigenvalue weighted by Crippen LogP contribution is -2.10. The van der Waals surface area contributed by atoms with Gasteiger partial charge in [0.15, 0.2) is 0 Å². The van der Waals surface area contributed by atoms with Crippen molar-refractivity contribution in [1.82, 2.24) is 0 Å².